The zero-order valence-corrected chi connectivity index (χ0v) is 14.9. The molecule has 0 aliphatic rings. The average molecular weight is 248 g/mol. The van der Waals surface area contributed by atoms with E-state index in [-0.39, 0.29) is 0 Å². The Morgan fingerprint density at radius 2 is 1.53 bits per heavy atom. The SMILES string of the molecule is [10B-][10BH][10B]([10BH2])S(=[10B][10B]([10BH2])[10BH2])(=[10B][10B]([10BH2])[10BH2])CCCCCC. The number of hydrogen-bond donors (Lipinski definition) is 0. The molecule has 19 heavy (non-hydrogen) atoms. The molecule has 0 spiro atoms. The van der Waals surface area contributed by atoms with Crippen molar-refractivity contribution in [2.45, 2.75) is 32.6 Å². The second-order valence-corrected chi connectivity index (χ2v) is 10.1. The van der Waals surface area contributed by atoms with E-state index in [2.05, 4.69) is 57.7 Å². The van der Waals surface area contributed by atoms with Crippen molar-refractivity contribution in [3.05, 3.63) is 0 Å². The van der Waals surface area contributed by atoms with Gasteiger partial charge < -0.3 is 0 Å². The average Bonchev–Trinajstić information content (AvgIpc) is 2.31. The summed E-state index contributed by atoms with van der Waals surface area (Å²) >= 11 is 0. The van der Waals surface area contributed by atoms with E-state index < -0.39 is 8.73 Å². The van der Waals surface area contributed by atoms with Gasteiger partial charge in [0, 0.05) is 0 Å². The molecule has 0 heterocycles. The molecule has 0 N–H and O–H groups in total. The predicted octanol–water partition coefficient (Wildman–Crippen LogP) is -4.75. The van der Waals surface area contributed by atoms with Crippen molar-refractivity contribution >= 4 is 92.9 Å². The van der Waals surface area contributed by atoms with Gasteiger partial charge in [0.15, 0.2) is 0 Å². The minimum atomic E-state index is -0.779. The van der Waals surface area contributed by atoms with Crippen molar-refractivity contribution in [1.82, 2.24) is 0 Å². The molecule has 0 fully saturated rings. The summed E-state index contributed by atoms with van der Waals surface area (Å²) in [6, 6.07) is 5.27. The topological polar surface area (TPSA) is 0 Å². The second-order valence-electron chi connectivity index (χ2n) is 6.48. The molecule has 0 aromatic carbocycles. The molecule has 0 bridgehead atoms. The van der Waals surface area contributed by atoms with Gasteiger partial charge >= 0.3 is 131 Å². The van der Waals surface area contributed by atoms with Gasteiger partial charge in [-0.05, 0) is 0 Å². The monoisotopic (exact) mass is 248 g/mol. The standard InChI is InChI=1S/C6H24B12S/c1-2-3-4-5-6-19(14-16(8)9,15-17(10)11)18(12)13-7/h13H,2-6,8-12H2,1H3/q-1/i7-1,8-1,9-1,10-1,11-1,12-1,13-1,14-1,15-1,16-1,17-1,18-1. The second kappa shape index (κ2) is 10.8. The first-order valence-electron chi connectivity index (χ1n) is 8.07. The molecule has 0 rings (SSSR count). The van der Waals surface area contributed by atoms with Crippen LogP contribution in [0, 0.1) is 0 Å². The van der Waals surface area contributed by atoms with Crippen LogP contribution in [0.5, 0.6) is 0 Å². The van der Waals surface area contributed by atoms with Gasteiger partial charge in [-0.25, -0.2) is 0 Å². The Morgan fingerprint density at radius 3 is 1.89 bits per heavy atom. The molecule has 0 saturated heterocycles. The van der Waals surface area contributed by atoms with Crippen LogP contribution in [0.25, 0.3) is 0 Å². The first-order valence-corrected chi connectivity index (χ1v) is 10.1. The summed E-state index contributed by atoms with van der Waals surface area (Å²) in [6.45, 7) is 2.28. The van der Waals surface area contributed by atoms with Gasteiger partial charge in [0.25, 0.3) is 0 Å². The van der Waals surface area contributed by atoms with E-state index in [9.17, 15) is 0 Å². The molecule has 0 aliphatic heterocycles. The van der Waals surface area contributed by atoms with E-state index in [0.717, 1.165) is 7.06 Å². The molecule has 0 saturated carbocycles. The maximum atomic E-state index is 6.02. The molecule has 0 aromatic heterocycles. The summed E-state index contributed by atoms with van der Waals surface area (Å²) in [6.07, 6.45) is 6.74. The van der Waals surface area contributed by atoms with E-state index in [1.807, 2.05) is 0 Å². The molecular weight excluding hydrogens is 224 g/mol. The fourth-order valence-corrected chi connectivity index (χ4v) is 7.01. The zero-order valence-electron chi connectivity index (χ0n) is 14.1. The van der Waals surface area contributed by atoms with Crippen LogP contribution in [0.3, 0.4) is 0 Å². The Balaban J connectivity index is 5.28. The van der Waals surface area contributed by atoms with Crippen LogP contribution < -0.4 is 0 Å². The van der Waals surface area contributed by atoms with E-state index in [1.165, 1.54) is 31.4 Å². The van der Waals surface area contributed by atoms with Crippen LogP contribution in [-0.2, 0) is 0 Å². The van der Waals surface area contributed by atoms with Crippen molar-refractivity contribution in [2.75, 3.05) is 5.75 Å². The van der Waals surface area contributed by atoms with E-state index >= 15 is 0 Å². The summed E-state index contributed by atoms with van der Waals surface area (Å²) in [5.74, 6) is 1.97. The van der Waals surface area contributed by atoms with Gasteiger partial charge in [0.05, 0.1) is 0 Å². The van der Waals surface area contributed by atoms with Crippen molar-refractivity contribution in [3.8, 4) is 0 Å². The van der Waals surface area contributed by atoms with Crippen molar-refractivity contribution in [1.29, 1.82) is 0 Å². The zero-order chi connectivity index (χ0) is 14.9. The summed E-state index contributed by atoms with van der Waals surface area (Å²) in [5.41, 5.74) is 0. The summed E-state index contributed by atoms with van der Waals surface area (Å²) in [4.78, 5) is 0. The van der Waals surface area contributed by atoms with Gasteiger partial charge in [-0.3, -0.25) is 0 Å². The van der Waals surface area contributed by atoms with E-state index in [0.29, 0.717) is 18.5 Å². The Morgan fingerprint density at radius 1 is 1.00 bits per heavy atom. The summed E-state index contributed by atoms with van der Waals surface area (Å²) < 4.78 is 0. The van der Waals surface area contributed by atoms with E-state index in [1.54, 1.807) is 0 Å². The minimum absolute atomic E-state index is 0.624. The van der Waals surface area contributed by atoms with Crippen molar-refractivity contribution in [2.24, 2.45) is 0 Å². The van der Waals surface area contributed by atoms with Crippen LogP contribution in [-0.4, -0.2) is 89.9 Å². The third-order valence-corrected chi connectivity index (χ3v) is 8.27. The molecule has 0 aromatic rings. The number of hydrogen-bond acceptors (Lipinski definition) is 0. The van der Waals surface area contributed by atoms with Gasteiger partial charge in [-0.15, -0.1) is 0 Å². The normalized spacial score (nSPS) is 10.2. The number of rotatable bonds is 9. The maximum absolute atomic E-state index is 6.02. The molecular formula is C6H24B12S-. The fraction of sp³-hybridized carbons (Fsp3) is 1.00. The fourth-order valence-electron chi connectivity index (χ4n) is 2.62. The third-order valence-electron chi connectivity index (χ3n) is 3.48. The molecule has 0 amide bonds. The van der Waals surface area contributed by atoms with Gasteiger partial charge in [-0.1, -0.05) is 0 Å². The van der Waals surface area contributed by atoms with Crippen molar-refractivity contribution in [3.63, 3.8) is 0 Å². The molecule has 0 nitrogen and oxygen atoms in total. The van der Waals surface area contributed by atoms with Crippen LogP contribution in [0.15, 0.2) is 0 Å². The van der Waals surface area contributed by atoms with Gasteiger partial charge in [0.2, 0.25) is 0 Å². The first-order chi connectivity index (χ1) is 8.88. The Kier molecular flexibility index (Phi) is 11.4. The molecule has 0 aliphatic carbocycles. The van der Waals surface area contributed by atoms with E-state index in [4.69, 9.17) is 7.74 Å². The molecule has 0 unspecified atom stereocenters. The van der Waals surface area contributed by atoms with Crippen LogP contribution in [0.2, 0.25) is 0 Å². The Labute approximate surface area is 131 Å². The van der Waals surface area contributed by atoms with Crippen LogP contribution in [0.4, 0.5) is 0 Å². The summed E-state index contributed by atoms with van der Waals surface area (Å²) in [5, 5.41) is 0. The quantitative estimate of drug-likeness (QED) is 0.284. The van der Waals surface area contributed by atoms with Crippen LogP contribution >= 0.6 is 8.73 Å². The third kappa shape index (κ3) is 8.22. The molecule has 13 heteroatoms. The van der Waals surface area contributed by atoms with Gasteiger partial charge in [-0.2, -0.15) is 0 Å². The molecule has 91 valence electrons. The van der Waals surface area contributed by atoms with Crippen molar-refractivity contribution < 1.29 is 0 Å². The van der Waals surface area contributed by atoms with Gasteiger partial charge in [0.1, 0.15) is 0 Å². The summed E-state index contributed by atoms with van der Waals surface area (Å²) in [7, 11) is 17.7. The molecule has 0 atom stereocenters. The predicted molar refractivity (Wildman–Crippen MR) is 121 cm³/mol. The Hall–Kier alpha value is 1.13. The Bertz CT molecular complexity index is 324. The molecule has 3 radical (unpaired) electrons. The number of unbranched alkanes of at least 4 members (excludes halogenated alkanes) is 3. The van der Waals surface area contributed by atoms with Crippen LogP contribution in [0.1, 0.15) is 32.6 Å². The first kappa shape index (κ1) is 20.1.